The van der Waals surface area contributed by atoms with Crippen molar-refractivity contribution in [2.45, 2.75) is 75.8 Å². The quantitative estimate of drug-likeness (QED) is 0.175. The average molecular weight is 605 g/mol. The molecule has 0 heterocycles. The Hall–Kier alpha value is -0.291. The van der Waals surface area contributed by atoms with E-state index in [1.807, 2.05) is 0 Å². The van der Waals surface area contributed by atoms with Crippen LogP contribution >= 0.6 is 0 Å². The van der Waals surface area contributed by atoms with Crippen LogP contribution in [0.4, 0.5) is 65.9 Å². The van der Waals surface area contributed by atoms with Crippen LogP contribution in [0.5, 0.6) is 0 Å². The van der Waals surface area contributed by atoms with Gasteiger partial charge in [0, 0.05) is 0 Å². The summed E-state index contributed by atoms with van der Waals surface area (Å²) in [4.78, 5) is 0. The van der Waals surface area contributed by atoms with Gasteiger partial charge >= 0.3 is 170 Å². The van der Waals surface area contributed by atoms with Crippen LogP contribution < -0.4 is 0 Å². The van der Waals surface area contributed by atoms with Crippen molar-refractivity contribution in [1.29, 1.82) is 0 Å². The van der Waals surface area contributed by atoms with Crippen LogP contribution in [-0.4, -0.2) is 55.7 Å². The predicted octanol–water partition coefficient (Wildman–Crippen LogP) is 7.52. The third-order valence-electron chi connectivity index (χ3n) is 4.07. The van der Waals surface area contributed by atoms with Crippen molar-refractivity contribution < 1.29 is 68.9 Å². The fourth-order valence-corrected chi connectivity index (χ4v) is 14.5. The molecule has 188 valence electrons. The van der Waals surface area contributed by atoms with E-state index < -0.39 is 94.3 Å². The second-order valence-electron chi connectivity index (χ2n) is 6.57. The second-order valence-corrected chi connectivity index (χ2v) is 17.5. The minimum absolute atomic E-state index is 0.588. The Labute approximate surface area is 170 Å². The van der Waals surface area contributed by atoms with Crippen LogP contribution in [0.1, 0.15) is 45.4 Å². The first kappa shape index (κ1) is 30.7. The first-order valence-corrected chi connectivity index (χ1v) is 13.9. The van der Waals surface area contributed by atoms with E-state index in [2.05, 4.69) is 3.07 Å². The molecule has 0 radical (unpaired) electrons. The Balaban J connectivity index is 6.61. The zero-order valence-corrected chi connectivity index (χ0v) is 18.4. The molecule has 0 aliphatic heterocycles. The predicted molar refractivity (Wildman–Crippen MR) is 78.1 cm³/mol. The molecule has 0 unspecified atom stereocenters. The van der Waals surface area contributed by atoms with Gasteiger partial charge in [0.15, 0.2) is 0 Å². The Morgan fingerprint density at radius 2 is 0.677 bits per heavy atom. The van der Waals surface area contributed by atoms with Crippen LogP contribution in [0.25, 0.3) is 0 Å². The van der Waals surface area contributed by atoms with E-state index in [1.54, 1.807) is 0 Å². The van der Waals surface area contributed by atoms with Gasteiger partial charge in [-0.25, -0.2) is 0 Å². The van der Waals surface area contributed by atoms with Gasteiger partial charge in [0.2, 0.25) is 0 Å². The molecule has 0 bridgehead atoms. The molecular weight excluding hydrogens is 588 g/mol. The second kappa shape index (κ2) is 9.91. The molecule has 0 aromatic rings. The number of alkyl halides is 15. The first-order chi connectivity index (χ1) is 13.4. The van der Waals surface area contributed by atoms with Crippen molar-refractivity contribution >= 4 is 18.8 Å². The molecule has 0 atom stereocenters. The molecule has 31 heavy (non-hydrogen) atoms. The zero-order chi connectivity index (χ0) is 25.2. The molecule has 17 heteroatoms. The van der Waals surface area contributed by atoms with Gasteiger partial charge in [0.1, 0.15) is 0 Å². The van der Waals surface area contributed by atoms with Gasteiger partial charge in [-0.15, -0.1) is 0 Å². The van der Waals surface area contributed by atoms with Crippen molar-refractivity contribution in [2.75, 3.05) is 6.61 Å². The Kier molecular flexibility index (Phi) is 9.82. The van der Waals surface area contributed by atoms with Gasteiger partial charge < -0.3 is 0 Å². The van der Waals surface area contributed by atoms with E-state index in [1.165, 1.54) is 0 Å². The third kappa shape index (κ3) is 8.53. The maximum atomic E-state index is 14.6. The van der Waals surface area contributed by atoms with Crippen LogP contribution in [0, 0.1) is 0 Å². The topological polar surface area (TPSA) is 9.23 Å². The number of halogens is 15. The maximum absolute atomic E-state index is 14.6. The van der Waals surface area contributed by atoms with Crippen LogP contribution in [0.15, 0.2) is 0 Å². The molecule has 0 rings (SSSR count). The summed E-state index contributed by atoms with van der Waals surface area (Å²) in [6, 6.07) is 0. The fourth-order valence-electron chi connectivity index (χ4n) is 2.76. The van der Waals surface area contributed by atoms with Gasteiger partial charge in [0.25, 0.3) is 0 Å². The number of rotatable bonds is 11. The monoisotopic (exact) mass is 606 g/mol. The summed E-state index contributed by atoms with van der Waals surface area (Å²) in [6.45, 7) is -0.827. The normalized spacial score (nSPS) is 15.5. The standard InChI is InChI=1S/3C4H4F5.C2H5O.Sn/c3*5-3(6)1-2-4(7,8)9;1-2-3;/h3*1-2H2;2H2,1H3;/q;;;-1;+1. The van der Waals surface area contributed by atoms with Crippen molar-refractivity contribution in [3.05, 3.63) is 0 Å². The molecular formula is C14H17F15OSn. The first-order valence-electron chi connectivity index (χ1n) is 8.41. The summed E-state index contributed by atoms with van der Waals surface area (Å²) < 4.78 is 186. The molecule has 0 aliphatic carbocycles. The van der Waals surface area contributed by atoms with Crippen molar-refractivity contribution in [2.24, 2.45) is 0 Å². The molecule has 1 nitrogen and oxygen atoms in total. The Bertz CT molecular complexity index is 489. The summed E-state index contributed by atoms with van der Waals surface area (Å²) in [5, 5.41) is 0. The van der Waals surface area contributed by atoms with Gasteiger partial charge in [-0.3, -0.25) is 0 Å². The van der Waals surface area contributed by atoms with E-state index in [9.17, 15) is 65.9 Å². The molecule has 0 amide bonds. The summed E-state index contributed by atoms with van der Waals surface area (Å²) >= 11 is -8.84. The van der Waals surface area contributed by atoms with Crippen LogP contribution in [0.3, 0.4) is 0 Å². The van der Waals surface area contributed by atoms with Crippen LogP contribution in [0.2, 0.25) is 0 Å². The summed E-state index contributed by atoms with van der Waals surface area (Å²) in [7, 11) is 0. The molecule has 0 saturated heterocycles. The minimum atomic E-state index is -8.84. The van der Waals surface area contributed by atoms with E-state index in [0.29, 0.717) is 6.92 Å². The molecule has 0 aromatic carbocycles. The van der Waals surface area contributed by atoms with Gasteiger partial charge in [0.05, 0.1) is 0 Å². The van der Waals surface area contributed by atoms with Crippen molar-refractivity contribution in [3.8, 4) is 0 Å². The van der Waals surface area contributed by atoms with E-state index in [-0.39, 0.29) is 0 Å². The Morgan fingerprint density at radius 1 is 0.452 bits per heavy atom. The van der Waals surface area contributed by atoms with E-state index in [4.69, 9.17) is 0 Å². The summed E-state index contributed by atoms with van der Waals surface area (Å²) in [5.74, 6) is 0. The van der Waals surface area contributed by atoms with Gasteiger partial charge in [-0.1, -0.05) is 0 Å². The third-order valence-corrected chi connectivity index (χ3v) is 17.1. The Morgan fingerprint density at radius 3 is 0.839 bits per heavy atom. The van der Waals surface area contributed by atoms with E-state index in [0.717, 1.165) is 0 Å². The van der Waals surface area contributed by atoms with Gasteiger partial charge in [-0.05, 0) is 0 Å². The molecule has 0 aliphatic rings. The zero-order valence-electron chi connectivity index (χ0n) is 15.5. The molecule has 0 saturated carbocycles. The molecule has 0 N–H and O–H groups in total. The number of hydrogen-bond donors (Lipinski definition) is 0. The fraction of sp³-hybridized carbons (Fsp3) is 1.00. The molecule has 0 spiro atoms. The summed E-state index contributed by atoms with van der Waals surface area (Å²) in [6.07, 6.45) is -32.2. The molecule has 0 aromatic heterocycles. The summed E-state index contributed by atoms with van der Waals surface area (Å²) in [5.41, 5.74) is 0. The van der Waals surface area contributed by atoms with Gasteiger partial charge in [-0.2, -0.15) is 0 Å². The number of hydrogen-bond acceptors (Lipinski definition) is 1. The van der Waals surface area contributed by atoms with Crippen LogP contribution in [-0.2, 0) is 3.07 Å². The van der Waals surface area contributed by atoms with Crippen molar-refractivity contribution in [1.82, 2.24) is 0 Å². The average Bonchev–Trinajstić information content (AvgIpc) is 2.52. The molecule has 0 fully saturated rings. The van der Waals surface area contributed by atoms with E-state index >= 15 is 0 Å². The van der Waals surface area contributed by atoms with Crippen molar-refractivity contribution in [3.63, 3.8) is 0 Å². The SMILES string of the molecule is CC[O][Sn]([C](F)(F)CCC(F)(F)F)([C](F)(F)CCC(F)(F)F)[C](F)(F)CCC(F)(F)F.